The van der Waals surface area contributed by atoms with Crippen molar-refractivity contribution in [3.05, 3.63) is 12.2 Å². The summed E-state index contributed by atoms with van der Waals surface area (Å²) in [5, 5.41) is 7.87. The number of hydrogen-bond acceptors (Lipinski definition) is 4. The summed E-state index contributed by atoms with van der Waals surface area (Å²) in [6.07, 6.45) is 1.67. The molecule has 18 heavy (non-hydrogen) atoms. The van der Waals surface area contributed by atoms with E-state index in [1.807, 2.05) is 4.68 Å². The van der Waals surface area contributed by atoms with E-state index in [9.17, 15) is 0 Å². The zero-order valence-corrected chi connectivity index (χ0v) is 11.9. The van der Waals surface area contributed by atoms with Gasteiger partial charge < -0.3 is 5.32 Å². The molecule has 0 aromatic carbocycles. The van der Waals surface area contributed by atoms with Crippen LogP contribution in [-0.4, -0.2) is 44.8 Å². The van der Waals surface area contributed by atoms with Crippen molar-refractivity contribution in [3.8, 4) is 0 Å². The van der Waals surface area contributed by atoms with Crippen LogP contribution in [-0.2, 0) is 13.1 Å². The van der Waals surface area contributed by atoms with Crippen LogP contribution in [0.25, 0.3) is 0 Å². The molecule has 5 heteroatoms. The molecule has 2 rings (SSSR count). The monoisotopic (exact) mass is 251 g/mol. The van der Waals surface area contributed by atoms with E-state index in [0.717, 1.165) is 32.0 Å². The first-order valence-corrected chi connectivity index (χ1v) is 6.89. The molecule has 1 aliphatic rings. The number of piperazine rings is 1. The predicted molar refractivity (Wildman–Crippen MR) is 72.2 cm³/mol. The third-order valence-electron chi connectivity index (χ3n) is 3.23. The van der Waals surface area contributed by atoms with E-state index in [-0.39, 0.29) is 0 Å². The molecule has 1 aliphatic heterocycles. The van der Waals surface area contributed by atoms with E-state index >= 15 is 0 Å². The lowest BCUT2D eigenvalue weighted by molar-refractivity contribution is 0.160. The maximum Gasteiger partial charge on any atom is 0.141 e. The summed E-state index contributed by atoms with van der Waals surface area (Å²) < 4.78 is 2.04. The fourth-order valence-electron chi connectivity index (χ4n) is 2.68. The molecule has 2 atom stereocenters. The van der Waals surface area contributed by atoms with Crippen LogP contribution in [0.4, 0.5) is 0 Å². The average molecular weight is 251 g/mol. The Morgan fingerprint density at radius 3 is 2.61 bits per heavy atom. The number of nitrogens with one attached hydrogen (secondary N) is 1. The van der Waals surface area contributed by atoms with Gasteiger partial charge in [0.05, 0.1) is 6.54 Å². The standard InChI is InChI=1S/C13H25N5/c1-10(2)5-18-13(14-9-15-18)8-17-6-11(3)16-12(4)7-17/h9-12,16H,5-8H2,1-4H3. The minimum Gasteiger partial charge on any atom is -0.309 e. The second-order valence-corrected chi connectivity index (χ2v) is 5.92. The van der Waals surface area contributed by atoms with E-state index in [0.29, 0.717) is 18.0 Å². The Morgan fingerprint density at radius 2 is 2.00 bits per heavy atom. The molecule has 0 radical (unpaired) electrons. The first kappa shape index (κ1) is 13.5. The van der Waals surface area contributed by atoms with E-state index in [1.165, 1.54) is 0 Å². The molecule has 1 saturated heterocycles. The normalized spacial score (nSPS) is 25.8. The molecule has 0 aliphatic carbocycles. The summed E-state index contributed by atoms with van der Waals surface area (Å²) in [4.78, 5) is 6.87. The van der Waals surface area contributed by atoms with Gasteiger partial charge in [-0.1, -0.05) is 13.8 Å². The molecule has 0 amide bonds. The third kappa shape index (κ3) is 3.53. The second kappa shape index (κ2) is 5.80. The largest absolute Gasteiger partial charge is 0.309 e. The summed E-state index contributed by atoms with van der Waals surface area (Å²) in [6.45, 7) is 12.9. The molecular weight excluding hydrogens is 226 g/mol. The van der Waals surface area contributed by atoms with Gasteiger partial charge in [-0.3, -0.25) is 4.90 Å². The van der Waals surface area contributed by atoms with E-state index < -0.39 is 0 Å². The Kier molecular flexibility index (Phi) is 4.35. The van der Waals surface area contributed by atoms with Crippen molar-refractivity contribution >= 4 is 0 Å². The van der Waals surface area contributed by atoms with Crippen LogP contribution in [0.2, 0.25) is 0 Å². The topological polar surface area (TPSA) is 46.0 Å². The van der Waals surface area contributed by atoms with E-state index in [4.69, 9.17) is 0 Å². The SMILES string of the molecule is CC(C)Cn1ncnc1CN1CC(C)NC(C)C1. The Labute approximate surface area is 110 Å². The van der Waals surface area contributed by atoms with Crippen LogP contribution in [0.3, 0.4) is 0 Å². The zero-order chi connectivity index (χ0) is 13.1. The minimum atomic E-state index is 0.551. The van der Waals surface area contributed by atoms with Crippen LogP contribution in [0.5, 0.6) is 0 Å². The van der Waals surface area contributed by atoms with Gasteiger partial charge in [0.2, 0.25) is 0 Å². The lowest BCUT2D eigenvalue weighted by Crippen LogP contribution is -2.53. The number of rotatable bonds is 4. The maximum absolute atomic E-state index is 4.40. The molecule has 102 valence electrons. The van der Waals surface area contributed by atoms with Gasteiger partial charge in [-0.25, -0.2) is 9.67 Å². The molecule has 1 fully saturated rings. The lowest BCUT2D eigenvalue weighted by Gasteiger charge is -2.35. The highest BCUT2D eigenvalue weighted by molar-refractivity contribution is 4.89. The molecule has 1 N–H and O–H groups in total. The van der Waals surface area contributed by atoms with Gasteiger partial charge in [-0.2, -0.15) is 5.10 Å². The van der Waals surface area contributed by atoms with Crippen molar-refractivity contribution < 1.29 is 0 Å². The van der Waals surface area contributed by atoms with E-state index in [2.05, 4.69) is 48.0 Å². The summed E-state index contributed by atoms with van der Waals surface area (Å²) in [5.41, 5.74) is 0. The maximum atomic E-state index is 4.40. The molecule has 1 aromatic rings. The predicted octanol–water partition coefficient (Wildman–Crippen LogP) is 1.12. The van der Waals surface area contributed by atoms with Crippen molar-refractivity contribution in [2.45, 2.75) is 52.9 Å². The molecule has 5 nitrogen and oxygen atoms in total. The van der Waals surface area contributed by atoms with Gasteiger partial charge in [0, 0.05) is 31.7 Å². The summed E-state index contributed by atoms with van der Waals surface area (Å²) in [5.74, 6) is 1.69. The second-order valence-electron chi connectivity index (χ2n) is 5.92. The fraction of sp³-hybridized carbons (Fsp3) is 0.846. The molecule has 0 saturated carbocycles. The van der Waals surface area contributed by atoms with Crippen LogP contribution in [0.1, 0.15) is 33.5 Å². The molecule has 0 spiro atoms. The number of aromatic nitrogens is 3. The quantitative estimate of drug-likeness (QED) is 0.871. The highest BCUT2D eigenvalue weighted by Crippen LogP contribution is 2.09. The van der Waals surface area contributed by atoms with Gasteiger partial charge in [0.25, 0.3) is 0 Å². The van der Waals surface area contributed by atoms with Crippen LogP contribution < -0.4 is 5.32 Å². The van der Waals surface area contributed by atoms with Gasteiger partial charge >= 0.3 is 0 Å². The molecular formula is C13H25N5. The van der Waals surface area contributed by atoms with Crippen molar-refractivity contribution in [1.29, 1.82) is 0 Å². The fourth-order valence-corrected chi connectivity index (χ4v) is 2.68. The highest BCUT2D eigenvalue weighted by Gasteiger charge is 2.22. The van der Waals surface area contributed by atoms with Crippen LogP contribution >= 0.6 is 0 Å². The zero-order valence-electron chi connectivity index (χ0n) is 11.9. The minimum absolute atomic E-state index is 0.551. The Morgan fingerprint density at radius 1 is 1.33 bits per heavy atom. The average Bonchev–Trinajstić information content (AvgIpc) is 2.63. The Hall–Kier alpha value is -0.940. The highest BCUT2D eigenvalue weighted by atomic mass is 15.4. The first-order valence-electron chi connectivity index (χ1n) is 6.89. The molecule has 0 bridgehead atoms. The van der Waals surface area contributed by atoms with Crippen LogP contribution in [0, 0.1) is 5.92 Å². The van der Waals surface area contributed by atoms with E-state index in [1.54, 1.807) is 6.33 Å². The Bertz CT molecular complexity index is 363. The lowest BCUT2D eigenvalue weighted by atomic mass is 10.1. The van der Waals surface area contributed by atoms with Crippen molar-refractivity contribution in [1.82, 2.24) is 25.0 Å². The first-order chi connectivity index (χ1) is 8.54. The van der Waals surface area contributed by atoms with Crippen LogP contribution in [0.15, 0.2) is 6.33 Å². The molecule has 2 unspecified atom stereocenters. The summed E-state index contributed by atoms with van der Waals surface area (Å²) in [6, 6.07) is 1.10. The smallest absolute Gasteiger partial charge is 0.141 e. The number of nitrogens with zero attached hydrogens (tertiary/aromatic N) is 4. The van der Waals surface area contributed by atoms with Gasteiger partial charge in [0.15, 0.2) is 0 Å². The third-order valence-corrected chi connectivity index (χ3v) is 3.23. The molecule has 2 heterocycles. The number of hydrogen-bond donors (Lipinski definition) is 1. The van der Waals surface area contributed by atoms with Gasteiger partial charge in [0.1, 0.15) is 12.2 Å². The Balaban J connectivity index is 1.98. The van der Waals surface area contributed by atoms with Crippen molar-refractivity contribution in [2.75, 3.05) is 13.1 Å². The molecule has 1 aromatic heterocycles. The summed E-state index contributed by atoms with van der Waals surface area (Å²) >= 11 is 0. The summed E-state index contributed by atoms with van der Waals surface area (Å²) in [7, 11) is 0. The van der Waals surface area contributed by atoms with Gasteiger partial charge in [-0.05, 0) is 19.8 Å². The van der Waals surface area contributed by atoms with Crippen molar-refractivity contribution in [2.24, 2.45) is 5.92 Å². The van der Waals surface area contributed by atoms with Crippen molar-refractivity contribution in [3.63, 3.8) is 0 Å². The van der Waals surface area contributed by atoms with Gasteiger partial charge in [-0.15, -0.1) is 0 Å².